The third-order valence-electron chi connectivity index (χ3n) is 2.25. The van der Waals surface area contributed by atoms with E-state index < -0.39 is 5.97 Å². The third kappa shape index (κ3) is 2.74. The third-order valence-corrected chi connectivity index (χ3v) is 2.65. The fourth-order valence-corrected chi connectivity index (χ4v) is 1.91. The van der Waals surface area contributed by atoms with E-state index in [1.165, 1.54) is 6.07 Å². The average Bonchev–Trinajstić information content (AvgIpc) is 2.82. The Bertz CT molecular complexity index is 523. The van der Waals surface area contributed by atoms with Gasteiger partial charge in [0.25, 0.3) is 0 Å². The summed E-state index contributed by atoms with van der Waals surface area (Å²) in [6.07, 6.45) is 2.23. The molecule has 0 saturated heterocycles. The van der Waals surface area contributed by atoms with Crippen molar-refractivity contribution in [3.05, 3.63) is 41.9 Å². The minimum absolute atomic E-state index is 0.0369. The molecule has 17 heavy (non-hydrogen) atoms. The second-order valence-corrected chi connectivity index (χ2v) is 4.25. The van der Waals surface area contributed by atoms with Crippen molar-refractivity contribution in [3.63, 3.8) is 0 Å². The van der Waals surface area contributed by atoms with Crippen molar-refractivity contribution in [1.29, 1.82) is 0 Å². The van der Waals surface area contributed by atoms with Crippen LogP contribution in [-0.2, 0) is 6.42 Å². The molecule has 0 aliphatic rings. The van der Waals surface area contributed by atoms with Gasteiger partial charge in [0.05, 0.1) is 6.26 Å². The zero-order valence-electron chi connectivity index (χ0n) is 8.89. The van der Waals surface area contributed by atoms with Crippen LogP contribution < -0.4 is 0 Å². The lowest BCUT2D eigenvalue weighted by Gasteiger charge is -2.04. The SMILES string of the molecule is O=C(O)c1cc(-c2ccco2)cc(CCBr)n1. The van der Waals surface area contributed by atoms with Gasteiger partial charge in [0.1, 0.15) is 11.5 Å². The van der Waals surface area contributed by atoms with Crippen molar-refractivity contribution in [2.75, 3.05) is 5.33 Å². The first-order valence-electron chi connectivity index (χ1n) is 5.05. The van der Waals surface area contributed by atoms with E-state index in [0.717, 1.165) is 16.6 Å². The molecular weight excluding hydrogens is 286 g/mol. The second kappa shape index (κ2) is 5.14. The van der Waals surface area contributed by atoms with Crippen LogP contribution in [0.25, 0.3) is 11.3 Å². The fraction of sp³-hybridized carbons (Fsp3) is 0.167. The maximum atomic E-state index is 11.0. The molecule has 0 radical (unpaired) electrons. The second-order valence-electron chi connectivity index (χ2n) is 3.45. The average molecular weight is 296 g/mol. The summed E-state index contributed by atoms with van der Waals surface area (Å²) in [5, 5.41) is 9.73. The largest absolute Gasteiger partial charge is 0.477 e. The monoisotopic (exact) mass is 295 g/mol. The first kappa shape index (κ1) is 11.9. The summed E-state index contributed by atoms with van der Waals surface area (Å²) < 4.78 is 5.25. The van der Waals surface area contributed by atoms with Gasteiger partial charge >= 0.3 is 5.97 Å². The number of halogens is 1. The lowest BCUT2D eigenvalue weighted by molar-refractivity contribution is 0.0690. The van der Waals surface area contributed by atoms with Crippen LogP contribution in [0.5, 0.6) is 0 Å². The molecule has 2 rings (SSSR count). The number of carboxylic acids is 1. The molecule has 2 heterocycles. The molecule has 0 amide bonds. The van der Waals surface area contributed by atoms with Crippen LogP contribution in [-0.4, -0.2) is 21.4 Å². The van der Waals surface area contributed by atoms with Gasteiger partial charge in [0.2, 0.25) is 0 Å². The Morgan fingerprint density at radius 2 is 2.29 bits per heavy atom. The molecule has 0 atom stereocenters. The topological polar surface area (TPSA) is 63.3 Å². The Kier molecular flexibility index (Phi) is 3.58. The molecule has 5 heteroatoms. The predicted molar refractivity (Wildman–Crippen MR) is 66.4 cm³/mol. The highest BCUT2D eigenvalue weighted by molar-refractivity contribution is 9.09. The number of rotatable bonds is 4. The van der Waals surface area contributed by atoms with E-state index in [9.17, 15) is 4.79 Å². The van der Waals surface area contributed by atoms with Gasteiger partial charge in [-0.3, -0.25) is 0 Å². The minimum atomic E-state index is -1.03. The number of carboxylic acid groups (broad SMARTS) is 1. The number of hydrogen-bond acceptors (Lipinski definition) is 3. The van der Waals surface area contributed by atoms with E-state index in [1.807, 2.05) is 6.07 Å². The van der Waals surface area contributed by atoms with Gasteiger partial charge in [-0.15, -0.1) is 0 Å². The smallest absolute Gasteiger partial charge is 0.354 e. The first-order chi connectivity index (χ1) is 8.20. The molecule has 0 aliphatic heterocycles. The zero-order valence-corrected chi connectivity index (χ0v) is 10.5. The Morgan fingerprint density at radius 1 is 1.47 bits per heavy atom. The summed E-state index contributed by atoms with van der Waals surface area (Å²) in [4.78, 5) is 15.0. The summed E-state index contributed by atoms with van der Waals surface area (Å²) in [5.41, 5.74) is 1.50. The Labute approximate surface area is 106 Å². The van der Waals surface area contributed by atoms with Crippen LogP contribution in [0.3, 0.4) is 0 Å². The van der Waals surface area contributed by atoms with Crippen LogP contribution in [0.15, 0.2) is 34.9 Å². The van der Waals surface area contributed by atoms with E-state index in [2.05, 4.69) is 20.9 Å². The zero-order chi connectivity index (χ0) is 12.3. The number of aromatic nitrogens is 1. The number of hydrogen-bond donors (Lipinski definition) is 1. The highest BCUT2D eigenvalue weighted by atomic mass is 79.9. The van der Waals surface area contributed by atoms with Crippen molar-refractivity contribution >= 4 is 21.9 Å². The normalized spacial score (nSPS) is 10.4. The van der Waals surface area contributed by atoms with Gasteiger partial charge in [-0.2, -0.15) is 0 Å². The van der Waals surface area contributed by atoms with E-state index in [4.69, 9.17) is 9.52 Å². The summed E-state index contributed by atoms with van der Waals surface area (Å²) >= 11 is 3.31. The molecule has 88 valence electrons. The maximum Gasteiger partial charge on any atom is 0.354 e. The highest BCUT2D eigenvalue weighted by Gasteiger charge is 2.11. The fourth-order valence-electron chi connectivity index (χ4n) is 1.51. The van der Waals surface area contributed by atoms with Crippen molar-refractivity contribution in [2.24, 2.45) is 0 Å². The Balaban J connectivity index is 2.48. The highest BCUT2D eigenvalue weighted by Crippen LogP contribution is 2.21. The molecule has 2 aromatic heterocycles. The summed E-state index contributed by atoms with van der Waals surface area (Å²) in [7, 11) is 0. The number of pyridine rings is 1. The van der Waals surface area contributed by atoms with Crippen molar-refractivity contribution in [3.8, 4) is 11.3 Å². The number of furan rings is 1. The number of nitrogens with zero attached hydrogens (tertiary/aromatic N) is 1. The Morgan fingerprint density at radius 3 is 2.88 bits per heavy atom. The number of carbonyl (C=O) groups is 1. The van der Waals surface area contributed by atoms with Crippen molar-refractivity contribution in [2.45, 2.75) is 6.42 Å². The molecule has 0 fully saturated rings. The molecule has 0 aromatic carbocycles. The Hall–Kier alpha value is -1.62. The number of aromatic carboxylic acids is 1. The van der Waals surface area contributed by atoms with Gasteiger partial charge in [-0.25, -0.2) is 9.78 Å². The van der Waals surface area contributed by atoms with Gasteiger partial charge in [0.15, 0.2) is 0 Å². The summed E-state index contributed by atoms with van der Waals surface area (Å²) in [5.74, 6) is -0.389. The summed E-state index contributed by atoms with van der Waals surface area (Å²) in [6.45, 7) is 0. The molecule has 0 spiro atoms. The van der Waals surface area contributed by atoms with Crippen molar-refractivity contribution < 1.29 is 14.3 Å². The quantitative estimate of drug-likeness (QED) is 0.881. The van der Waals surface area contributed by atoms with Crippen LogP contribution >= 0.6 is 15.9 Å². The van der Waals surface area contributed by atoms with E-state index in [0.29, 0.717) is 12.2 Å². The lowest BCUT2D eigenvalue weighted by Crippen LogP contribution is -2.04. The standard InChI is InChI=1S/C12H10BrNO3/c13-4-3-9-6-8(11-2-1-5-17-11)7-10(14-9)12(15)16/h1-2,5-7H,3-4H2,(H,15,16). The van der Waals surface area contributed by atoms with Gasteiger partial charge < -0.3 is 9.52 Å². The number of alkyl halides is 1. The molecule has 0 aliphatic carbocycles. The molecule has 4 nitrogen and oxygen atoms in total. The summed E-state index contributed by atoms with van der Waals surface area (Å²) in [6, 6.07) is 6.91. The van der Waals surface area contributed by atoms with Crippen LogP contribution in [0, 0.1) is 0 Å². The van der Waals surface area contributed by atoms with Crippen molar-refractivity contribution in [1.82, 2.24) is 4.98 Å². The molecule has 0 bridgehead atoms. The maximum absolute atomic E-state index is 11.0. The van der Waals surface area contributed by atoms with Gasteiger partial charge in [-0.1, -0.05) is 15.9 Å². The molecule has 0 unspecified atom stereocenters. The van der Waals surface area contributed by atoms with Gasteiger partial charge in [0, 0.05) is 16.6 Å². The molecule has 0 saturated carbocycles. The van der Waals surface area contributed by atoms with E-state index >= 15 is 0 Å². The minimum Gasteiger partial charge on any atom is -0.477 e. The molecule has 1 N–H and O–H groups in total. The molecule has 2 aromatic rings. The lowest BCUT2D eigenvalue weighted by atomic mass is 10.1. The van der Waals surface area contributed by atoms with Gasteiger partial charge in [-0.05, 0) is 30.7 Å². The number of aryl methyl sites for hydroxylation is 1. The van der Waals surface area contributed by atoms with Crippen LogP contribution in [0.4, 0.5) is 0 Å². The predicted octanol–water partition coefficient (Wildman–Crippen LogP) is 2.98. The van der Waals surface area contributed by atoms with E-state index in [1.54, 1.807) is 18.4 Å². The molecular formula is C12H10BrNO3. The first-order valence-corrected chi connectivity index (χ1v) is 6.17. The van der Waals surface area contributed by atoms with Crippen LogP contribution in [0.2, 0.25) is 0 Å². The van der Waals surface area contributed by atoms with E-state index in [-0.39, 0.29) is 5.69 Å². The van der Waals surface area contributed by atoms with Crippen LogP contribution in [0.1, 0.15) is 16.2 Å².